The first-order chi connectivity index (χ1) is 14.3. The van der Waals surface area contributed by atoms with Gasteiger partial charge in [-0.3, -0.25) is 0 Å². The number of ether oxygens (including phenoxy) is 1. The molecule has 3 nitrogen and oxygen atoms in total. The molecule has 0 spiro atoms. The van der Waals surface area contributed by atoms with E-state index in [2.05, 4.69) is 54.7 Å². The molecule has 0 aliphatic rings. The molecule has 0 saturated carbocycles. The Morgan fingerprint density at radius 1 is 0.759 bits per heavy atom. The lowest BCUT2D eigenvalue weighted by molar-refractivity contribution is 0.308. The Morgan fingerprint density at radius 2 is 1.45 bits per heavy atom. The van der Waals surface area contributed by atoms with Gasteiger partial charge in [0.05, 0.1) is 5.69 Å². The lowest BCUT2D eigenvalue weighted by Gasteiger charge is -2.12. The molecule has 0 atom stereocenters. The number of hydrogen-bond acceptors (Lipinski definition) is 3. The molecule has 29 heavy (non-hydrogen) atoms. The maximum absolute atomic E-state index is 6.19. The van der Waals surface area contributed by atoms with Gasteiger partial charge in [0.25, 0.3) is 0 Å². The number of hydrogen-bond donors (Lipinski definition) is 2. The van der Waals surface area contributed by atoms with Gasteiger partial charge < -0.3 is 15.8 Å². The van der Waals surface area contributed by atoms with E-state index in [0.29, 0.717) is 12.3 Å². The Morgan fingerprint density at radius 3 is 2.17 bits per heavy atom. The van der Waals surface area contributed by atoms with Crippen LogP contribution in [0, 0.1) is 0 Å². The number of aryl methyl sites for hydroxylation is 1. The summed E-state index contributed by atoms with van der Waals surface area (Å²) >= 11 is 0. The van der Waals surface area contributed by atoms with E-state index in [1.54, 1.807) is 0 Å². The van der Waals surface area contributed by atoms with Crippen molar-refractivity contribution in [2.45, 2.75) is 39.2 Å². The SMILES string of the molecule is CCCc1ccccc1CCNCCc1ccc(OCc2ccccc2)c(N)c1. The van der Waals surface area contributed by atoms with Crippen LogP contribution in [0.1, 0.15) is 35.6 Å². The fourth-order valence-electron chi connectivity index (χ4n) is 3.52. The minimum atomic E-state index is 0.533. The molecule has 0 bridgehead atoms. The zero-order valence-corrected chi connectivity index (χ0v) is 17.4. The lowest BCUT2D eigenvalue weighted by atomic mass is 10.0. The third-order valence-electron chi connectivity index (χ3n) is 5.11. The average molecular weight is 389 g/mol. The lowest BCUT2D eigenvalue weighted by Crippen LogP contribution is -2.20. The summed E-state index contributed by atoms with van der Waals surface area (Å²) in [5.41, 5.74) is 12.2. The third kappa shape index (κ3) is 6.65. The van der Waals surface area contributed by atoms with Gasteiger partial charge in [-0.05, 0) is 66.7 Å². The molecule has 0 heterocycles. The van der Waals surface area contributed by atoms with Crippen molar-refractivity contribution >= 4 is 5.69 Å². The van der Waals surface area contributed by atoms with Gasteiger partial charge in [0, 0.05) is 0 Å². The number of nitrogens with one attached hydrogen (secondary N) is 1. The zero-order chi connectivity index (χ0) is 20.3. The van der Waals surface area contributed by atoms with Crippen LogP contribution < -0.4 is 15.8 Å². The molecule has 3 rings (SSSR count). The summed E-state index contributed by atoms with van der Waals surface area (Å²) in [7, 11) is 0. The highest BCUT2D eigenvalue weighted by atomic mass is 16.5. The Bertz CT molecular complexity index is 877. The van der Waals surface area contributed by atoms with Crippen molar-refractivity contribution in [3.63, 3.8) is 0 Å². The molecule has 0 fully saturated rings. The summed E-state index contributed by atoms with van der Waals surface area (Å²) in [5.74, 6) is 0.748. The second-order valence-corrected chi connectivity index (χ2v) is 7.42. The maximum atomic E-state index is 6.19. The molecule has 152 valence electrons. The summed E-state index contributed by atoms with van der Waals surface area (Å²) in [5, 5.41) is 3.56. The largest absolute Gasteiger partial charge is 0.487 e. The molecule has 3 heteroatoms. The quantitative estimate of drug-likeness (QED) is 0.352. The van der Waals surface area contributed by atoms with Crippen molar-refractivity contribution < 1.29 is 4.74 Å². The Labute approximate surface area is 174 Å². The standard InChI is InChI=1S/C26H32N2O/c1-2-8-23-11-6-7-12-24(23)16-18-28-17-15-21-13-14-26(25(27)19-21)29-20-22-9-4-3-5-10-22/h3-7,9-14,19,28H,2,8,15-18,20,27H2,1H3. The highest BCUT2D eigenvalue weighted by molar-refractivity contribution is 5.54. The van der Waals surface area contributed by atoms with E-state index in [4.69, 9.17) is 10.5 Å². The predicted molar refractivity (Wildman–Crippen MR) is 122 cm³/mol. The van der Waals surface area contributed by atoms with Crippen LogP contribution >= 0.6 is 0 Å². The summed E-state index contributed by atoms with van der Waals surface area (Å²) in [6.45, 7) is 4.71. The van der Waals surface area contributed by atoms with Gasteiger partial charge in [0.15, 0.2) is 0 Å². The van der Waals surface area contributed by atoms with E-state index in [0.717, 1.165) is 43.7 Å². The highest BCUT2D eigenvalue weighted by Gasteiger charge is 2.04. The van der Waals surface area contributed by atoms with Gasteiger partial charge in [-0.1, -0.05) is 74.0 Å². The van der Waals surface area contributed by atoms with Crippen LogP contribution in [0.3, 0.4) is 0 Å². The number of nitrogen functional groups attached to an aromatic ring is 1. The predicted octanol–water partition coefficient (Wildman–Crippen LogP) is 5.18. The van der Waals surface area contributed by atoms with Gasteiger partial charge in [-0.15, -0.1) is 0 Å². The third-order valence-corrected chi connectivity index (χ3v) is 5.11. The molecule has 0 radical (unpaired) electrons. The van der Waals surface area contributed by atoms with Crippen LogP contribution in [-0.4, -0.2) is 13.1 Å². The van der Waals surface area contributed by atoms with Crippen LogP contribution in [0.25, 0.3) is 0 Å². The van der Waals surface area contributed by atoms with Crippen LogP contribution in [0.15, 0.2) is 72.8 Å². The first-order valence-electron chi connectivity index (χ1n) is 10.6. The average Bonchev–Trinajstić information content (AvgIpc) is 2.75. The number of nitrogens with two attached hydrogens (primary N) is 1. The van der Waals surface area contributed by atoms with Crippen molar-refractivity contribution in [3.8, 4) is 5.75 Å². The Balaban J connectivity index is 1.41. The maximum Gasteiger partial charge on any atom is 0.142 e. The summed E-state index contributed by atoms with van der Waals surface area (Å²) in [6.07, 6.45) is 4.38. The minimum Gasteiger partial charge on any atom is -0.487 e. The topological polar surface area (TPSA) is 47.3 Å². The highest BCUT2D eigenvalue weighted by Crippen LogP contribution is 2.23. The first kappa shape index (κ1) is 20.9. The Kier molecular flexibility index (Phi) is 8.14. The van der Waals surface area contributed by atoms with Crippen molar-refractivity contribution in [2.75, 3.05) is 18.8 Å². The summed E-state index contributed by atoms with van der Waals surface area (Å²) < 4.78 is 5.86. The van der Waals surface area contributed by atoms with Gasteiger partial charge in [0.2, 0.25) is 0 Å². The van der Waals surface area contributed by atoms with Crippen molar-refractivity contribution in [1.29, 1.82) is 0 Å². The van der Waals surface area contributed by atoms with Gasteiger partial charge in [0.1, 0.15) is 12.4 Å². The summed E-state index contributed by atoms with van der Waals surface area (Å²) in [6, 6.07) is 25.0. The fraction of sp³-hybridized carbons (Fsp3) is 0.308. The fourth-order valence-corrected chi connectivity index (χ4v) is 3.52. The van der Waals surface area contributed by atoms with E-state index >= 15 is 0 Å². The van der Waals surface area contributed by atoms with E-state index in [-0.39, 0.29) is 0 Å². The van der Waals surface area contributed by atoms with E-state index in [1.807, 2.05) is 30.3 Å². The van der Waals surface area contributed by atoms with Crippen LogP contribution in [-0.2, 0) is 25.9 Å². The van der Waals surface area contributed by atoms with E-state index < -0.39 is 0 Å². The Hall–Kier alpha value is -2.78. The molecule has 0 aromatic heterocycles. The van der Waals surface area contributed by atoms with Crippen LogP contribution in [0.5, 0.6) is 5.75 Å². The number of rotatable bonds is 11. The normalized spacial score (nSPS) is 10.8. The monoisotopic (exact) mass is 388 g/mol. The molecule has 0 saturated heterocycles. The van der Waals surface area contributed by atoms with E-state index in [9.17, 15) is 0 Å². The number of anilines is 1. The molecule has 3 aromatic rings. The first-order valence-corrected chi connectivity index (χ1v) is 10.6. The second kappa shape index (κ2) is 11.3. The zero-order valence-electron chi connectivity index (χ0n) is 17.4. The molecule has 0 unspecified atom stereocenters. The van der Waals surface area contributed by atoms with Crippen LogP contribution in [0.2, 0.25) is 0 Å². The second-order valence-electron chi connectivity index (χ2n) is 7.42. The van der Waals surface area contributed by atoms with Gasteiger partial charge in [-0.25, -0.2) is 0 Å². The molecule has 3 N–H and O–H groups in total. The van der Waals surface area contributed by atoms with Crippen LogP contribution in [0.4, 0.5) is 5.69 Å². The molecule has 0 amide bonds. The minimum absolute atomic E-state index is 0.533. The van der Waals surface area contributed by atoms with E-state index in [1.165, 1.54) is 23.1 Å². The molecule has 3 aromatic carbocycles. The molecule has 0 aliphatic carbocycles. The van der Waals surface area contributed by atoms with Crippen molar-refractivity contribution in [2.24, 2.45) is 0 Å². The number of benzene rings is 3. The molecular formula is C26H32N2O. The molecule has 0 aliphatic heterocycles. The molecular weight excluding hydrogens is 356 g/mol. The smallest absolute Gasteiger partial charge is 0.142 e. The van der Waals surface area contributed by atoms with Gasteiger partial charge >= 0.3 is 0 Å². The van der Waals surface area contributed by atoms with Gasteiger partial charge in [-0.2, -0.15) is 0 Å². The summed E-state index contributed by atoms with van der Waals surface area (Å²) in [4.78, 5) is 0. The van der Waals surface area contributed by atoms with Crippen molar-refractivity contribution in [1.82, 2.24) is 5.32 Å². The van der Waals surface area contributed by atoms with Crippen molar-refractivity contribution in [3.05, 3.63) is 95.1 Å².